The molecule has 8 nitrogen and oxygen atoms in total. The predicted octanol–water partition coefficient (Wildman–Crippen LogP) is 4.38. The Labute approximate surface area is 184 Å². The third-order valence-electron chi connectivity index (χ3n) is 5.16. The Bertz CT molecular complexity index is 1090. The number of hydrogen-bond acceptors (Lipinski definition) is 7. The molecule has 4 rings (SSSR count). The first kappa shape index (κ1) is 20.7. The molecule has 0 bridgehead atoms. The Hall–Kier alpha value is -3.52. The van der Waals surface area contributed by atoms with Gasteiger partial charge in [0, 0.05) is 37.1 Å². The summed E-state index contributed by atoms with van der Waals surface area (Å²) in [6.45, 7) is 1.68. The molecular weight excluding hydrogens is 416 g/mol. The smallest absolute Gasteiger partial charge is 0.353 e. The maximum Gasteiger partial charge on any atom is 0.353 e. The van der Waals surface area contributed by atoms with Gasteiger partial charge in [-0.1, -0.05) is 29.8 Å². The number of hydrogen-bond donors (Lipinski definition) is 1. The van der Waals surface area contributed by atoms with Crippen molar-refractivity contribution in [2.24, 2.45) is 0 Å². The molecule has 0 aliphatic carbocycles. The van der Waals surface area contributed by atoms with Crippen molar-refractivity contribution in [2.75, 3.05) is 29.9 Å². The summed E-state index contributed by atoms with van der Waals surface area (Å²) in [6, 6.07) is 11.5. The number of nitrogens with zero attached hydrogens (tertiary/aromatic N) is 5. The Morgan fingerprint density at radius 1 is 1.13 bits per heavy atom. The van der Waals surface area contributed by atoms with Crippen molar-refractivity contribution in [3.63, 3.8) is 0 Å². The van der Waals surface area contributed by atoms with E-state index < -0.39 is 4.92 Å². The molecule has 0 saturated heterocycles. The van der Waals surface area contributed by atoms with Crippen molar-refractivity contribution in [1.82, 2.24) is 15.0 Å². The quantitative estimate of drug-likeness (QED) is 0.433. The fraction of sp³-hybridized carbons (Fsp3) is 0.227. The highest BCUT2D eigenvalue weighted by molar-refractivity contribution is 6.30. The SMILES string of the molecule is O=[N+]([O-])c1c(NCCc2ccncc2)ncnc1N1CC=C(c2ccc(Cl)cc2)CC1. The van der Waals surface area contributed by atoms with Crippen molar-refractivity contribution in [2.45, 2.75) is 12.8 Å². The predicted molar refractivity (Wildman–Crippen MR) is 121 cm³/mol. The summed E-state index contributed by atoms with van der Waals surface area (Å²) in [5.74, 6) is 0.564. The molecule has 3 aromatic rings. The van der Waals surface area contributed by atoms with E-state index in [4.69, 9.17) is 11.6 Å². The summed E-state index contributed by atoms with van der Waals surface area (Å²) in [4.78, 5) is 25.7. The fourth-order valence-corrected chi connectivity index (χ4v) is 3.69. The summed E-state index contributed by atoms with van der Waals surface area (Å²) in [5.41, 5.74) is 3.30. The van der Waals surface area contributed by atoms with E-state index in [0.29, 0.717) is 36.9 Å². The molecular formula is C22H21ClN6O2. The zero-order valence-corrected chi connectivity index (χ0v) is 17.5. The number of nitro groups is 1. The molecule has 1 aliphatic heterocycles. The average Bonchev–Trinajstić information content (AvgIpc) is 2.80. The Morgan fingerprint density at radius 2 is 1.90 bits per heavy atom. The van der Waals surface area contributed by atoms with Crippen LogP contribution in [0.5, 0.6) is 0 Å². The first-order valence-corrected chi connectivity index (χ1v) is 10.3. The maximum absolute atomic E-state index is 11.9. The van der Waals surface area contributed by atoms with Gasteiger partial charge in [-0.15, -0.1) is 0 Å². The topological polar surface area (TPSA) is 97.1 Å². The van der Waals surface area contributed by atoms with Crippen LogP contribution in [0, 0.1) is 10.1 Å². The first-order chi connectivity index (χ1) is 15.1. The summed E-state index contributed by atoms with van der Waals surface area (Å²) >= 11 is 5.97. The lowest BCUT2D eigenvalue weighted by Crippen LogP contribution is -2.30. The molecule has 158 valence electrons. The van der Waals surface area contributed by atoms with Crippen molar-refractivity contribution < 1.29 is 4.92 Å². The largest absolute Gasteiger partial charge is 0.364 e. The van der Waals surface area contributed by atoms with Gasteiger partial charge in [0.15, 0.2) is 0 Å². The summed E-state index contributed by atoms with van der Waals surface area (Å²) in [7, 11) is 0. The van der Waals surface area contributed by atoms with E-state index in [-0.39, 0.29) is 11.5 Å². The molecule has 3 heterocycles. The second-order valence-electron chi connectivity index (χ2n) is 7.12. The summed E-state index contributed by atoms with van der Waals surface area (Å²) < 4.78 is 0. The first-order valence-electron chi connectivity index (χ1n) is 9.94. The molecule has 1 aromatic carbocycles. The fourth-order valence-electron chi connectivity index (χ4n) is 3.56. The molecule has 0 radical (unpaired) electrons. The molecule has 2 aromatic heterocycles. The van der Waals surface area contributed by atoms with Gasteiger partial charge in [-0.3, -0.25) is 15.1 Å². The van der Waals surface area contributed by atoms with E-state index in [2.05, 4.69) is 26.3 Å². The lowest BCUT2D eigenvalue weighted by molar-refractivity contribution is -0.383. The standard InChI is InChI=1S/C22H21ClN6O2/c23-19-3-1-17(2-4-19)18-8-13-28(14-9-18)22-20(29(30)31)21(26-15-27-22)25-12-7-16-5-10-24-11-6-16/h1-6,8,10-11,15H,7,9,12-14H2,(H,25,26,27). The van der Waals surface area contributed by atoms with E-state index in [0.717, 1.165) is 17.5 Å². The molecule has 0 amide bonds. The molecule has 0 fully saturated rings. The molecule has 0 spiro atoms. The summed E-state index contributed by atoms with van der Waals surface area (Å²) in [6.07, 6.45) is 8.36. The monoisotopic (exact) mass is 436 g/mol. The molecule has 0 atom stereocenters. The minimum atomic E-state index is -0.414. The third-order valence-corrected chi connectivity index (χ3v) is 5.42. The van der Waals surface area contributed by atoms with Crippen LogP contribution in [0.3, 0.4) is 0 Å². The molecule has 1 aliphatic rings. The van der Waals surface area contributed by atoms with Gasteiger partial charge in [0.05, 0.1) is 4.92 Å². The van der Waals surface area contributed by atoms with Gasteiger partial charge in [0.1, 0.15) is 6.33 Å². The normalized spacial score (nSPS) is 13.6. The van der Waals surface area contributed by atoms with Gasteiger partial charge in [0.25, 0.3) is 0 Å². The molecule has 31 heavy (non-hydrogen) atoms. The van der Waals surface area contributed by atoms with Crippen molar-refractivity contribution in [3.8, 4) is 0 Å². The molecule has 0 saturated carbocycles. The van der Waals surface area contributed by atoms with Crippen molar-refractivity contribution in [3.05, 3.63) is 87.5 Å². The van der Waals surface area contributed by atoms with Crippen LogP contribution in [0.1, 0.15) is 17.5 Å². The zero-order valence-electron chi connectivity index (χ0n) is 16.7. The van der Waals surface area contributed by atoms with E-state index in [1.165, 1.54) is 11.9 Å². The van der Waals surface area contributed by atoms with Crippen LogP contribution < -0.4 is 10.2 Å². The summed E-state index contributed by atoms with van der Waals surface area (Å²) in [5, 5.41) is 15.7. The van der Waals surface area contributed by atoms with Crippen LogP contribution in [-0.4, -0.2) is 39.5 Å². The Kier molecular flexibility index (Phi) is 6.37. The van der Waals surface area contributed by atoms with Crippen LogP contribution in [0.4, 0.5) is 17.3 Å². The van der Waals surface area contributed by atoms with Crippen LogP contribution in [0.25, 0.3) is 5.57 Å². The highest BCUT2D eigenvalue weighted by Crippen LogP contribution is 2.34. The van der Waals surface area contributed by atoms with Crippen LogP contribution in [0.2, 0.25) is 5.02 Å². The third kappa shape index (κ3) is 4.97. The van der Waals surface area contributed by atoms with Crippen molar-refractivity contribution in [1.29, 1.82) is 0 Å². The Balaban J connectivity index is 1.50. The molecule has 0 unspecified atom stereocenters. The van der Waals surface area contributed by atoms with Gasteiger partial charge in [-0.05, 0) is 53.8 Å². The van der Waals surface area contributed by atoms with Gasteiger partial charge in [0.2, 0.25) is 11.6 Å². The van der Waals surface area contributed by atoms with E-state index in [1.807, 2.05) is 41.3 Å². The van der Waals surface area contributed by atoms with Gasteiger partial charge in [-0.25, -0.2) is 9.97 Å². The highest BCUT2D eigenvalue weighted by atomic mass is 35.5. The van der Waals surface area contributed by atoms with E-state index >= 15 is 0 Å². The van der Waals surface area contributed by atoms with Gasteiger partial charge in [-0.2, -0.15) is 0 Å². The number of pyridine rings is 1. The zero-order chi connectivity index (χ0) is 21.6. The number of nitrogens with one attached hydrogen (secondary N) is 1. The number of aromatic nitrogens is 3. The van der Waals surface area contributed by atoms with E-state index in [9.17, 15) is 10.1 Å². The maximum atomic E-state index is 11.9. The average molecular weight is 437 g/mol. The Morgan fingerprint density at radius 3 is 2.58 bits per heavy atom. The number of anilines is 2. The van der Waals surface area contributed by atoms with Crippen LogP contribution >= 0.6 is 11.6 Å². The lowest BCUT2D eigenvalue weighted by Gasteiger charge is -2.27. The molecule has 1 N–H and O–H groups in total. The number of benzene rings is 1. The van der Waals surface area contributed by atoms with E-state index in [1.54, 1.807) is 12.4 Å². The lowest BCUT2D eigenvalue weighted by atomic mass is 9.99. The van der Waals surface area contributed by atoms with Crippen LogP contribution in [0.15, 0.2) is 61.2 Å². The highest BCUT2D eigenvalue weighted by Gasteiger charge is 2.28. The number of halogens is 1. The molecule has 9 heteroatoms. The second kappa shape index (κ2) is 9.53. The number of rotatable bonds is 7. The van der Waals surface area contributed by atoms with Gasteiger partial charge >= 0.3 is 5.69 Å². The van der Waals surface area contributed by atoms with Gasteiger partial charge < -0.3 is 10.2 Å². The second-order valence-corrected chi connectivity index (χ2v) is 7.55. The van der Waals surface area contributed by atoms with Crippen molar-refractivity contribution >= 4 is 34.5 Å². The minimum Gasteiger partial charge on any atom is -0.364 e. The van der Waals surface area contributed by atoms with Crippen LogP contribution in [-0.2, 0) is 6.42 Å². The minimum absolute atomic E-state index is 0.0967.